The van der Waals surface area contributed by atoms with E-state index in [0.717, 1.165) is 21.5 Å². The van der Waals surface area contributed by atoms with Crippen molar-refractivity contribution in [3.05, 3.63) is 81.4 Å². The van der Waals surface area contributed by atoms with E-state index >= 15 is 0 Å². The molecular weight excluding hydrogens is 396 g/mol. The molecule has 26 heavy (non-hydrogen) atoms. The number of halogens is 1. The predicted molar refractivity (Wildman–Crippen MR) is 103 cm³/mol. The van der Waals surface area contributed by atoms with Gasteiger partial charge in [0.1, 0.15) is 17.5 Å². The summed E-state index contributed by atoms with van der Waals surface area (Å²) >= 11 is 3.41. The second kappa shape index (κ2) is 6.76. The maximum absolute atomic E-state index is 12.8. The van der Waals surface area contributed by atoms with Crippen LogP contribution in [0.3, 0.4) is 0 Å². The summed E-state index contributed by atoms with van der Waals surface area (Å²) in [6.07, 6.45) is 3.13. The van der Waals surface area contributed by atoms with Crippen LogP contribution in [-0.2, 0) is 6.54 Å². The monoisotopic (exact) mass is 410 g/mol. The molecule has 4 aromatic rings. The number of hydrogen-bond acceptors (Lipinski definition) is 4. The first-order valence-corrected chi connectivity index (χ1v) is 8.77. The zero-order chi connectivity index (χ0) is 18.1. The lowest BCUT2D eigenvalue weighted by Gasteiger charge is -2.07. The number of nitrogens with zero attached hydrogens (tertiary/aromatic N) is 4. The van der Waals surface area contributed by atoms with E-state index in [1.54, 1.807) is 28.9 Å². The normalized spacial score (nSPS) is 11.0. The van der Waals surface area contributed by atoms with Crippen molar-refractivity contribution in [2.45, 2.75) is 6.54 Å². The molecule has 2 heterocycles. The molecule has 0 bridgehead atoms. The zero-order valence-corrected chi connectivity index (χ0v) is 15.5. The molecule has 2 aromatic heterocycles. The molecule has 0 unspecified atom stereocenters. The first-order chi connectivity index (χ1) is 12.7. The molecule has 0 aliphatic carbocycles. The second-order valence-corrected chi connectivity index (χ2v) is 6.71. The molecule has 2 aromatic carbocycles. The van der Waals surface area contributed by atoms with Crippen molar-refractivity contribution in [3.63, 3.8) is 0 Å². The van der Waals surface area contributed by atoms with Crippen molar-refractivity contribution in [1.29, 1.82) is 0 Å². The Balaban J connectivity index is 1.71. The molecule has 0 N–H and O–H groups in total. The van der Waals surface area contributed by atoms with Crippen molar-refractivity contribution >= 4 is 27.0 Å². The Kier molecular flexibility index (Phi) is 4.30. The van der Waals surface area contributed by atoms with Crippen LogP contribution in [0.1, 0.15) is 5.56 Å². The topological polar surface area (TPSA) is 61.9 Å². The van der Waals surface area contributed by atoms with Gasteiger partial charge in [-0.1, -0.05) is 28.1 Å². The Labute approximate surface area is 157 Å². The maximum Gasteiger partial charge on any atom is 0.264 e. The van der Waals surface area contributed by atoms with E-state index in [-0.39, 0.29) is 5.56 Å². The highest BCUT2D eigenvalue weighted by Gasteiger charge is 2.11. The lowest BCUT2D eigenvalue weighted by atomic mass is 10.2. The highest BCUT2D eigenvalue weighted by molar-refractivity contribution is 9.10. The molecule has 0 saturated carbocycles. The minimum Gasteiger partial charge on any atom is -0.497 e. The number of fused-ring (bicyclic) bond motifs is 1. The summed E-state index contributed by atoms with van der Waals surface area (Å²) in [5.74, 6) is 0.783. The van der Waals surface area contributed by atoms with E-state index in [2.05, 4.69) is 26.0 Å². The molecule has 0 radical (unpaired) electrons. The van der Waals surface area contributed by atoms with E-state index in [9.17, 15) is 4.79 Å². The zero-order valence-electron chi connectivity index (χ0n) is 14.0. The minimum atomic E-state index is -0.117. The highest BCUT2D eigenvalue weighted by atomic mass is 79.9. The molecule has 0 amide bonds. The van der Waals surface area contributed by atoms with E-state index < -0.39 is 0 Å². The van der Waals surface area contributed by atoms with Gasteiger partial charge in [0.05, 0.1) is 25.5 Å². The van der Waals surface area contributed by atoms with Crippen molar-refractivity contribution in [2.24, 2.45) is 0 Å². The largest absolute Gasteiger partial charge is 0.497 e. The van der Waals surface area contributed by atoms with Crippen LogP contribution in [0.15, 0.2) is 70.3 Å². The van der Waals surface area contributed by atoms with Crippen LogP contribution in [0, 0.1) is 0 Å². The number of ether oxygens (including phenoxy) is 1. The molecule has 0 fully saturated rings. The van der Waals surface area contributed by atoms with Crippen molar-refractivity contribution in [1.82, 2.24) is 19.3 Å². The first-order valence-electron chi connectivity index (χ1n) is 7.98. The molecular formula is C19H15BrN4O2. The Morgan fingerprint density at radius 3 is 2.50 bits per heavy atom. The van der Waals surface area contributed by atoms with E-state index in [1.165, 1.54) is 0 Å². The van der Waals surface area contributed by atoms with Gasteiger partial charge in [0.2, 0.25) is 0 Å². The van der Waals surface area contributed by atoms with E-state index in [1.807, 2.05) is 48.5 Å². The number of aromatic nitrogens is 4. The summed E-state index contributed by atoms with van der Waals surface area (Å²) in [4.78, 5) is 17.2. The van der Waals surface area contributed by atoms with Crippen LogP contribution in [0.2, 0.25) is 0 Å². The summed E-state index contributed by atoms with van der Waals surface area (Å²) in [6, 6.07) is 15.3. The summed E-state index contributed by atoms with van der Waals surface area (Å²) in [6.45, 7) is 0.440. The summed E-state index contributed by atoms with van der Waals surface area (Å²) < 4.78 is 9.39. The van der Waals surface area contributed by atoms with Gasteiger partial charge >= 0.3 is 0 Å². The summed E-state index contributed by atoms with van der Waals surface area (Å²) in [5.41, 5.74) is 2.27. The van der Waals surface area contributed by atoms with Crippen LogP contribution in [0.4, 0.5) is 0 Å². The average Bonchev–Trinajstić information content (AvgIpc) is 3.10. The van der Waals surface area contributed by atoms with Gasteiger partial charge in [-0.05, 0) is 42.0 Å². The van der Waals surface area contributed by atoms with Crippen molar-refractivity contribution in [3.8, 4) is 11.4 Å². The molecule has 4 rings (SSSR count). The molecule has 0 atom stereocenters. The van der Waals surface area contributed by atoms with Gasteiger partial charge in [-0.25, -0.2) is 9.67 Å². The predicted octanol–water partition coefficient (Wildman–Crippen LogP) is 3.40. The lowest BCUT2D eigenvalue weighted by molar-refractivity contribution is 0.414. The third kappa shape index (κ3) is 3.01. The molecule has 0 aliphatic heterocycles. The molecule has 7 heteroatoms. The molecule has 0 saturated heterocycles. The van der Waals surface area contributed by atoms with E-state index in [4.69, 9.17) is 4.74 Å². The Bertz CT molecular complexity index is 1120. The van der Waals surface area contributed by atoms with E-state index in [0.29, 0.717) is 17.6 Å². The van der Waals surface area contributed by atoms with Crippen molar-refractivity contribution < 1.29 is 4.74 Å². The standard InChI is InChI=1S/C19H15BrN4O2/c1-26-16-8-2-13(3-9-16)11-23-12-21-18-17(19(23)25)10-22-24(18)15-6-4-14(20)5-7-15/h2-10,12H,11H2,1H3. The molecule has 130 valence electrons. The summed E-state index contributed by atoms with van der Waals surface area (Å²) in [7, 11) is 1.63. The van der Waals surface area contributed by atoms with Crippen molar-refractivity contribution in [2.75, 3.05) is 7.11 Å². The van der Waals surface area contributed by atoms with Crippen LogP contribution in [0.25, 0.3) is 16.7 Å². The van der Waals surface area contributed by atoms with Gasteiger partial charge in [0, 0.05) is 4.47 Å². The van der Waals surface area contributed by atoms with Gasteiger partial charge in [-0.2, -0.15) is 5.10 Å². The van der Waals surface area contributed by atoms with Gasteiger partial charge in [-0.15, -0.1) is 0 Å². The minimum absolute atomic E-state index is 0.117. The van der Waals surface area contributed by atoms with Crippen LogP contribution in [-0.4, -0.2) is 26.4 Å². The third-order valence-corrected chi connectivity index (χ3v) is 4.67. The van der Waals surface area contributed by atoms with Gasteiger partial charge < -0.3 is 4.74 Å². The smallest absolute Gasteiger partial charge is 0.264 e. The Morgan fingerprint density at radius 1 is 1.08 bits per heavy atom. The van der Waals surface area contributed by atoms with Gasteiger partial charge in [0.25, 0.3) is 5.56 Å². The van der Waals surface area contributed by atoms with Crippen LogP contribution >= 0.6 is 15.9 Å². The average molecular weight is 411 g/mol. The summed E-state index contributed by atoms with van der Waals surface area (Å²) in [5, 5.41) is 4.83. The molecule has 6 nitrogen and oxygen atoms in total. The van der Waals surface area contributed by atoms with Gasteiger partial charge in [-0.3, -0.25) is 9.36 Å². The van der Waals surface area contributed by atoms with Crippen LogP contribution in [0.5, 0.6) is 5.75 Å². The number of hydrogen-bond donors (Lipinski definition) is 0. The highest BCUT2D eigenvalue weighted by Crippen LogP contribution is 2.17. The lowest BCUT2D eigenvalue weighted by Crippen LogP contribution is -2.21. The second-order valence-electron chi connectivity index (χ2n) is 5.80. The quantitative estimate of drug-likeness (QED) is 0.517. The maximum atomic E-state index is 12.8. The Hall–Kier alpha value is -2.93. The fourth-order valence-corrected chi connectivity index (χ4v) is 3.02. The number of rotatable bonds is 4. The van der Waals surface area contributed by atoms with Crippen LogP contribution < -0.4 is 10.3 Å². The number of methoxy groups -OCH3 is 1. The fraction of sp³-hybridized carbons (Fsp3) is 0.105. The van der Waals surface area contributed by atoms with Gasteiger partial charge in [0.15, 0.2) is 5.65 Å². The molecule has 0 spiro atoms. The number of benzene rings is 2. The Morgan fingerprint density at radius 2 is 1.81 bits per heavy atom. The molecule has 0 aliphatic rings. The first kappa shape index (κ1) is 16.5. The fourth-order valence-electron chi connectivity index (χ4n) is 2.76. The third-order valence-electron chi connectivity index (χ3n) is 4.14. The SMILES string of the molecule is COc1ccc(Cn2cnc3c(cnn3-c3ccc(Br)cc3)c2=O)cc1.